The van der Waals surface area contributed by atoms with Gasteiger partial charge in [0.2, 0.25) is 0 Å². The Balaban J connectivity index is 2.90. The van der Waals surface area contributed by atoms with Crippen LogP contribution in [-0.4, -0.2) is 7.11 Å². The molecule has 0 aliphatic carbocycles. The number of hydrogen-bond acceptors (Lipinski definition) is 1. The van der Waals surface area contributed by atoms with Crippen molar-refractivity contribution in [1.82, 2.24) is 0 Å². The summed E-state index contributed by atoms with van der Waals surface area (Å²) < 4.78 is 5.22. The van der Waals surface area contributed by atoms with Crippen molar-refractivity contribution in [2.75, 3.05) is 7.11 Å². The zero-order chi connectivity index (χ0) is 12.9. The van der Waals surface area contributed by atoms with Crippen molar-refractivity contribution in [3.05, 3.63) is 29.8 Å². The van der Waals surface area contributed by atoms with E-state index in [2.05, 4.69) is 52.0 Å². The van der Waals surface area contributed by atoms with Gasteiger partial charge in [0.15, 0.2) is 0 Å². The minimum Gasteiger partial charge on any atom is -0.497 e. The summed E-state index contributed by atoms with van der Waals surface area (Å²) in [5.41, 5.74) is 1.72. The molecule has 1 aromatic carbocycles. The monoisotopic (exact) mass is 234 g/mol. The standard InChI is InChI=1S/C16H26O/c1-6-13(3)12-16(4,7-2)14-8-10-15(17-5)11-9-14/h8-11,13H,6-7,12H2,1-5H3. The van der Waals surface area contributed by atoms with Crippen LogP contribution < -0.4 is 4.74 Å². The van der Waals surface area contributed by atoms with Crippen LogP contribution in [0.25, 0.3) is 0 Å². The molecular formula is C16H26O. The molecule has 1 heteroatoms. The molecule has 96 valence electrons. The van der Waals surface area contributed by atoms with Crippen LogP contribution in [0, 0.1) is 5.92 Å². The van der Waals surface area contributed by atoms with Gasteiger partial charge in [0.05, 0.1) is 7.11 Å². The summed E-state index contributed by atoms with van der Waals surface area (Å²) in [4.78, 5) is 0. The lowest BCUT2D eigenvalue weighted by Crippen LogP contribution is -2.23. The maximum absolute atomic E-state index is 5.22. The largest absolute Gasteiger partial charge is 0.497 e. The van der Waals surface area contributed by atoms with Gasteiger partial charge in [-0.15, -0.1) is 0 Å². The van der Waals surface area contributed by atoms with Gasteiger partial charge < -0.3 is 4.74 Å². The maximum Gasteiger partial charge on any atom is 0.118 e. The van der Waals surface area contributed by atoms with Crippen LogP contribution in [-0.2, 0) is 5.41 Å². The van der Waals surface area contributed by atoms with Crippen molar-refractivity contribution < 1.29 is 4.74 Å². The average Bonchev–Trinajstić information content (AvgIpc) is 2.38. The summed E-state index contributed by atoms with van der Waals surface area (Å²) in [6.45, 7) is 9.28. The second-order valence-electron chi connectivity index (χ2n) is 5.36. The lowest BCUT2D eigenvalue weighted by Gasteiger charge is -2.31. The molecule has 0 aromatic heterocycles. The lowest BCUT2D eigenvalue weighted by atomic mass is 9.73. The highest BCUT2D eigenvalue weighted by molar-refractivity contribution is 5.32. The maximum atomic E-state index is 5.22. The van der Waals surface area contributed by atoms with E-state index in [9.17, 15) is 0 Å². The highest BCUT2D eigenvalue weighted by atomic mass is 16.5. The van der Waals surface area contributed by atoms with Gasteiger partial charge in [-0.05, 0) is 41.9 Å². The highest BCUT2D eigenvalue weighted by Gasteiger charge is 2.26. The van der Waals surface area contributed by atoms with Gasteiger partial charge in [-0.1, -0.05) is 46.2 Å². The molecule has 17 heavy (non-hydrogen) atoms. The zero-order valence-electron chi connectivity index (χ0n) is 11.9. The van der Waals surface area contributed by atoms with Crippen molar-refractivity contribution in [3.8, 4) is 5.75 Å². The fourth-order valence-electron chi connectivity index (χ4n) is 2.37. The Kier molecular flexibility index (Phi) is 5.04. The molecule has 2 atom stereocenters. The van der Waals surface area contributed by atoms with E-state index in [1.54, 1.807) is 7.11 Å². The van der Waals surface area contributed by atoms with Crippen molar-refractivity contribution in [3.63, 3.8) is 0 Å². The quantitative estimate of drug-likeness (QED) is 0.687. The average molecular weight is 234 g/mol. The molecule has 1 aromatic rings. The molecular weight excluding hydrogens is 208 g/mol. The highest BCUT2D eigenvalue weighted by Crippen LogP contribution is 2.35. The first-order valence-electron chi connectivity index (χ1n) is 6.70. The van der Waals surface area contributed by atoms with Crippen LogP contribution in [0.3, 0.4) is 0 Å². The van der Waals surface area contributed by atoms with Crippen molar-refractivity contribution >= 4 is 0 Å². The first kappa shape index (κ1) is 14.1. The molecule has 0 bridgehead atoms. The minimum absolute atomic E-state index is 0.293. The van der Waals surface area contributed by atoms with Crippen LogP contribution in [0.4, 0.5) is 0 Å². The molecule has 0 fully saturated rings. The van der Waals surface area contributed by atoms with Gasteiger partial charge in [0.25, 0.3) is 0 Å². The molecule has 0 N–H and O–H groups in total. The van der Waals surface area contributed by atoms with Gasteiger partial charge in [-0.3, -0.25) is 0 Å². The number of hydrogen-bond donors (Lipinski definition) is 0. The minimum atomic E-state index is 0.293. The number of ether oxygens (including phenoxy) is 1. The predicted octanol–water partition coefficient (Wildman–Crippen LogP) is 4.80. The summed E-state index contributed by atoms with van der Waals surface area (Å²) in [5.74, 6) is 1.72. The smallest absolute Gasteiger partial charge is 0.118 e. The van der Waals surface area contributed by atoms with Crippen LogP contribution in [0.5, 0.6) is 5.75 Å². The molecule has 0 amide bonds. The zero-order valence-corrected chi connectivity index (χ0v) is 11.9. The third kappa shape index (κ3) is 3.49. The van der Waals surface area contributed by atoms with Crippen LogP contribution in [0.1, 0.15) is 52.5 Å². The first-order chi connectivity index (χ1) is 8.05. The summed E-state index contributed by atoms with van der Waals surface area (Å²) in [6.07, 6.45) is 3.70. The molecule has 0 saturated carbocycles. The normalized spacial score (nSPS) is 16.3. The van der Waals surface area contributed by atoms with Crippen LogP contribution >= 0.6 is 0 Å². The van der Waals surface area contributed by atoms with Gasteiger partial charge >= 0.3 is 0 Å². The fraction of sp³-hybridized carbons (Fsp3) is 0.625. The van der Waals surface area contributed by atoms with E-state index in [4.69, 9.17) is 4.74 Å². The predicted molar refractivity (Wildman–Crippen MR) is 74.7 cm³/mol. The van der Waals surface area contributed by atoms with E-state index in [-0.39, 0.29) is 0 Å². The third-order valence-corrected chi connectivity index (χ3v) is 4.06. The van der Waals surface area contributed by atoms with E-state index in [0.29, 0.717) is 5.41 Å². The van der Waals surface area contributed by atoms with Gasteiger partial charge in [0, 0.05) is 0 Å². The molecule has 0 heterocycles. The Morgan fingerprint density at radius 3 is 2.18 bits per heavy atom. The van der Waals surface area contributed by atoms with Gasteiger partial charge in [0.1, 0.15) is 5.75 Å². The van der Waals surface area contributed by atoms with E-state index in [0.717, 1.165) is 11.7 Å². The van der Waals surface area contributed by atoms with Crippen LogP contribution in [0.15, 0.2) is 24.3 Å². The SMILES string of the molecule is CCC(C)CC(C)(CC)c1ccc(OC)cc1. The Morgan fingerprint density at radius 1 is 1.18 bits per heavy atom. The molecule has 0 aliphatic heterocycles. The molecule has 0 spiro atoms. The van der Waals surface area contributed by atoms with E-state index in [1.807, 2.05) is 0 Å². The second-order valence-corrected chi connectivity index (χ2v) is 5.36. The van der Waals surface area contributed by atoms with Crippen LogP contribution in [0.2, 0.25) is 0 Å². The van der Waals surface area contributed by atoms with Crippen molar-refractivity contribution in [1.29, 1.82) is 0 Å². The van der Waals surface area contributed by atoms with Crippen molar-refractivity contribution in [2.45, 2.75) is 52.4 Å². The number of rotatable bonds is 6. The Morgan fingerprint density at radius 2 is 1.76 bits per heavy atom. The third-order valence-electron chi connectivity index (χ3n) is 4.06. The van der Waals surface area contributed by atoms with E-state index in [1.165, 1.54) is 24.8 Å². The molecule has 1 nitrogen and oxygen atoms in total. The molecule has 2 unspecified atom stereocenters. The summed E-state index contributed by atoms with van der Waals surface area (Å²) in [6, 6.07) is 8.56. The Labute approximate surface area is 106 Å². The molecule has 0 aliphatic rings. The first-order valence-corrected chi connectivity index (χ1v) is 6.70. The molecule has 0 saturated heterocycles. The number of benzene rings is 1. The summed E-state index contributed by atoms with van der Waals surface area (Å²) in [7, 11) is 1.72. The lowest BCUT2D eigenvalue weighted by molar-refractivity contribution is 0.336. The van der Waals surface area contributed by atoms with E-state index >= 15 is 0 Å². The fourth-order valence-corrected chi connectivity index (χ4v) is 2.37. The topological polar surface area (TPSA) is 9.23 Å². The van der Waals surface area contributed by atoms with Crippen molar-refractivity contribution in [2.24, 2.45) is 5.92 Å². The summed E-state index contributed by atoms with van der Waals surface area (Å²) >= 11 is 0. The van der Waals surface area contributed by atoms with Gasteiger partial charge in [-0.25, -0.2) is 0 Å². The molecule has 1 rings (SSSR count). The van der Waals surface area contributed by atoms with E-state index < -0.39 is 0 Å². The number of methoxy groups -OCH3 is 1. The molecule has 0 radical (unpaired) electrons. The van der Waals surface area contributed by atoms with Gasteiger partial charge in [-0.2, -0.15) is 0 Å². The Hall–Kier alpha value is -0.980. The second kappa shape index (κ2) is 6.09. The Bertz CT molecular complexity index is 328. The summed E-state index contributed by atoms with van der Waals surface area (Å²) in [5, 5.41) is 0.